The van der Waals surface area contributed by atoms with Crippen LogP contribution in [0.4, 0.5) is 4.39 Å². The van der Waals surface area contributed by atoms with Gasteiger partial charge in [0.25, 0.3) is 0 Å². The number of aromatic nitrogens is 2. The lowest BCUT2D eigenvalue weighted by Gasteiger charge is -2.25. The molecule has 4 heteroatoms. The van der Waals surface area contributed by atoms with Gasteiger partial charge in [-0.25, -0.2) is 9.07 Å². The van der Waals surface area contributed by atoms with Gasteiger partial charge >= 0.3 is 0 Å². The lowest BCUT2D eigenvalue weighted by Crippen LogP contribution is -2.18. The molecule has 1 saturated carbocycles. The first-order valence-electron chi connectivity index (χ1n) is 10.4. The zero-order valence-corrected chi connectivity index (χ0v) is 17.1. The smallest absolute Gasteiger partial charge is 0.143 e. The van der Waals surface area contributed by atoms with Crippen molar-refractivity contribution in [1.82, 2.24) is 9.78 Å². The number of fused-ring (bicyclic) bond motifs is 1. The number of nitriles is 1. The Balaban J connectivity index is 1.77. The van der Waals surface area contributed by atoms with E-state index in [1.807, 2.05) is 17.7 Å². The summed E-state index contributed by atoms with van der Waals surface area (Å²) in [5.74, 6) is 0.115. The summed E-state index contributed by atoms with van der Waals surface area (Å²) in [6, 6.07) is 5.56. The quantitative estimate of drug-likeness (QED) is 0.667. The minimum atomic E-state index is -0.432. The molecule has 4 rings (SSSR count). The van der Waals surface area contributed by atoms with Crippen molar-refractivity contribution in [3.63, 3.8) is 0 Å². The molecule has 2 aromatic rings. The van der Waals surface area contributed by atoms with Crippen molar-refractivity contribution >= 4 is 6.08 Å². The molecule has 0 N–H and O–H groups in total. The molecule has 1 aromatic carbocycles. The van der Waals surface area contributed by atoms with Crippen LogP contribution in [0.2, 0.25) is 0 Å². The Hall–Kier alpha value is -2.41. The first kappa shape index (κ1) is 18.9. The molecular formula is C24H28FN3. The second-order valence-corrected chi connectivity index (χ2v) is 9.14. The highest BCUT2D eigenvalue weighted by atomic mass is 19.1. The summed E-state index contributed by atoms with van der Waals surface area (Å²) >= 11 is 0. The molecule has 1 heterocycles. The van der Waals surface area contributed by atoms with E-state index in [1.165, 1.54) is 38.2 Å². The van der Waals surface area contributed by atoms with E-state index in [4.69, 9.17) is 5.10 Å². The first-order valence-corrected chi connectivity index (χ1v) is 10.4. The van der Waals surface area contributed by atoms with Gasteiger partial charge in [-0.15, -0.1) is 0 Å². The zero-order valence-electron chi connectivity index (χ0n) is 17.1. The molecule has 28 heavy (non-hydrogen) atoms. The zero-order chi connectivity index (χ0) is 19.9. The Morgan fingerprint density at radius 1 is 1.25 bits per heavy atom. The Kier molecular flexibility index (Phi) is 4.87. The second kappa shape index (κ2) is 7.20. The van der Waals surface area contributed by atoms with Crippen LogP contribution in [-0.2, 0) is 12.8 Å². The van der Waals surface area contributed by atoms with Crippen LogP contribution >= 0.6 is 0 Å². The van der Waals surface area contributed by atoms with E-state index in [9.17, 15) is 9.65 Å². The summed E-state index contributed by atoms with van der Waals surface area (Å²) in [4.78, 5) is 0. The Morgan fingerprint density at radius 3 is 2.71 bits per heavy atom. The van der Waals surface area contributed by atoms with Gasteiger partial charge in [0.05, 0.1) is 22.6 Å². The molecule has 2 aliphatic carbocycles. The number of allylic oxidation sites excluding steroid dienone is 1. The standard InChI is InChI=1S/C24H28FN3/c1-16-20-9-10-24(2,3)14-23(20)28(27-16)19-12-18(21(15-26)22(25)13-19)11-17-7-5-4-6-8-17/h9-10,12-13,17H,4-8,11,14H2,1-3H3. The van der Waals surface area contributed by atoms with Gasteiger partial charge in [-0.05, 0) is 42.7 Å². The van der Waals surface area contributed by atoms with Gasteiger partial charge < -0.3 is 0 Å². The number of nitrogens with zero attached hydrogens (tertiary/aromatic N) is 3. The number of hydrogen-bond donors (Lipinski definition) is 0. The predicted molar refractivity (Wildman–Crippen MR) is 110 cm³/mol. The fraction of sp³-hybridized carbons (Fsp3) is 0.500. The summed E-state index contributed by atoms with van der Waals surface area (Å²) in [6.07, 6.45) is 12.1. The molecule has 2 aliphatic rings. The highest BCUT2D eigenvalue weighted by molar-refractivity contribution is 5.60. The van der Waals surface area contributed by atoms with E-state index in [0.717, 1.165) is 41.0 Å². The third kappa shape index (κ3) is 3.51. The third-order valence-electron chi connectivity index (χ3n) is 6.28. The Bertz CT molecular complexity index is 969. The van der Waals surface area contributed by atoms with Gasteiger partial charge in [0.1, 0.15) is 11.9 Å². The third-order valence-corrected chi connectivity index (χ3v) is 6.28. The van der Waals surface area contributed by atoms with Crippen LogP contribution in [0.3, 0.4) is 0 Å². The molecular weight excluding hydrogens is 349 g/mol. The molecule has 146 valence electrons. The van der Waals surface area contributed by atoms with Gasteiger partial charge in [0.2, 0.25) is 0 Å². The minimum Gasteiger partial charge on any atom is -0.237 e. The van der Waals surface area contributed by atoms with Crippen LogP contribution in [0.15, 0.2) is 18.2 Å². The molecule has 1 aromatic heterocycles. The van der Waals surface area contributed by atoms with Crippen LogP contribution < -0.4 is 0 Å². The van der Waals surface area contributed by atoms with Gasteiger partial charge in [-0.1, -0.05) is 58.1 Å². The average Bonchev–Trinajstić information content (AvgIpc) is 2.97. The largest absolute Gasteiger partial charge is 0.237 e. The Labute approximate surface area is 166 Å². The van der Waals surface area contributed by atoms with E-state index in [1.54, 1.807) is 0 Å². The minimum absolute atomic E-state index is 0.0489. The number of aryl methyl sites for hydroxylation is 1. The van der Waals surface area contributed by atoms with Crippen molar-refractivity contribution in [3.8, 4) is 11.8 Å². The van der Waals surface area contributed by atoms with Gasteiger partial charge in [-0.2, -0.15) is 10.4 Å². The van der Waals surface area contributed by atoms with E-state index in [0.29, 0.717) is 5.92 Å². The van der Waals surface area contributed by atoms with Gasteiger partial charge in [0, 0.05) is 11.6 Å². The molecule has 0 saturated heterocycles. The van der Waals surface area contributed by atoms with E-state index in [2.05, 4.69) is 32.1 Å². The molecule has 0 aliphatic heterocycles. The van der Waals surface area contributed by atoms with Crippen molar-refractivity contribution in [3.05, 3.63) is 52.1 Å². The summed E-state index contributed by atoms with van der Waals surface area (Å²) in [6.45, 7) is 6.40. The van der Waals surface area contributed by atoms with Gasteiger partial charge in [0.15, 0.2) is 0 Å². The number of rotatable bonds is 3. The number of halogens is 1. The molecule has 0 atom stereocenters. The Morgan fingerprint density at radius 2 is 2.00 bits per heavy atom. The molecule has 1 fully saturated rings. The van der Waals surface area contributed by atoms with E-state index >= 15 is 0 Å². The average molecular weight is 378 g/mol. The molecule has 0 spiro atoms. The summed E-state index contributed by atoms with van der Waals surface area (Å²) in [7, 11) is 0. The van der Waals surface area contributed by atoms with Crippen LogP contribution in [0, 0.1) is 35.4 Å². The monoisotopic (exact) mass is 377 g/mol. The maximum absolute atomic E-state index is 14.9. The lowest BCUT2D eigenvalue weighted by atomic mass is 9.82. The fourth-order valence-electron chi connectivity index (χ4n) is 4.75. The molecule has 0 bridgehead atoms. The molecule has 0 unspecified atom stereocenters. The first-order chi connectivity index (χ1) is 13.4. The molecule has 0 amide bonds. The highest BCUT2D eigenvalue weighted by Gasteiger charge is 2.27. The van der Waals surface area contributed by atoms with Crippen molar-refractivity contribution in [2.45, 2.75) is 65.7 Å². The van der Waals surface area contributed by atoms with Crippen molar-refractivity contribution in [2.75, 3.05) is 0 Å². The number of benzene rings is 1. The van der Waals surface area contributed by atoms with E-state index < -0.39 is 5.82 Å². The highest BCUT2D eigenvalue weighted by Crippen LogP contribution is 2.35. The SMILES string of the molecule is Cc1nn(-c2cc(F)c(C#N)c(CC3CCCCC3)c2)c2c1C=CC(C)(C)C2. The maximum Gasteiger partial charge on any atom is 0.143 e. The summed E-state index contributed by atoms with van der Waals surface area (Å²) in [5, 5.41) is 14.3. The normalized spacial score (nSPS) is 18.7. The van der Waals surface area contributed by atoms with Crippen LogP contribution in [0.1, 0.15) is 74.0 Å². The predicted octanol–water partition coefficient (Wildman–Crippen LogP) is 5.91. The summed E-state index contributed by atoms with van der Waals surface area (Å²) in [5.41, 5.74) is 5.03. The molecule has 0 radical (unpaired) electrons. The van der Waals surface area contributed by atoms with Crippen LogP contribution in [-0.4, -0.2) is 9.78 Å². The second-order valence-electron chi connectivity index (χ2n) is 9.14. The van der Waals surface area contributed by atoms with Gasteiger partial charge in [-0.3, -0.25) is 0 Å². The van der Waals surface area contributed by atoms with Crippen molar-refractivity contribution in [2.24, 2.45) is 11.3 Å². The van der Waals surface area contributed by atoms with Crippen LogP contribution in [0.25, 0.3) is 11.8 Å². The summed E-state index contributed by atoms with van der Waals surface area (Å²) < 4.78 is 16.8. The lowest BCUT2D eigenvalue weighted by molar-refractivity contribution is 0.356. The fourth-order valence-corrected chi connectivity index (χ4v) is 4.75. The van der Waals surface area contributed by atoms with Crippen molar-refractivity contribution < 1.29 is 4.39 Å². The van der Waals surface area contributed by atoms with Crippen LogP contribution in [0.5, 0.6) is 0 Å². The number of hydrogen-bond acceptors (Lipinski definition) is 2. The van der Waals surface area contributed by atoms with E-state index in [-0.39, 0.29) is 11.0 Å². The maximum atomic E-state index is 14.9. The van der Waals surface area contributed by atoms with Crippen molar-refractivity contribution in [1.29, 1.82) is 5.26 Å². The molecule has 3 nitrogen and oxygen atoms in total. The topological polar surface area (TPSA) is 41.6 Å².